The molecule has 1 amide bonds. The number of amides is 1. The SMILES string of the molecule is CCCCC/C=C\C/C=C\C/C=C\CCCCCC(O)C(=O)NC(COC1OC(CO)C(O)C(O)C1OC(=O)CCCCCCCCCCCCC)C(O)/C=C/CCCCCCCCCCCC. The van der Waals surface area contributed by atoms with E-state index in [1.54, 1.807) is 6.08 Å². The van der Waals surface area contributed by atoms with Crippen LogP contribution in [0.3, 0.4) is 0 Å². The number of esters is 1. The molecule has 6 N–H and O–H groups in total. The van der Waals surface area contributed by atoms with Gasteiger partial charge < -0.3 is 45.1 Å². The second-order valence-corrected chi connectivity index (χ2v) is 19.3. The number of aliphatic hydroxyl groups excluding tert-OH is 5. The third-order valence-electron chi connectivity index (χ3n) is 13.0. The molecule has 0 radical (unpaired) electrons. The molecule has 8 unspecified atom stereocenters. The van der Waals surface area contributed by atoms with E-state index in [1.165, 1.54) is 116 Å². The molecule has 0 bridgehead atoms. The molecule has 1 aliphatic rings. The van der Waals surface area contributed by atoms with Crippen molar-refractivity contribution in [3.63, 3.8) is 0 Å². The second-order valence-electron chi connectivity index (χ2n) is 19.3. The number of hydrogen-bond donors (Lipinski definition) is 6. The van der Waals surface area contributed by atoms with Gasteiger partial charge in [0, 0.05) is 6.42 Å². The van der Waals surface area contributed by atoms with E-state index in [4.69, 9.17) is 14.2 Å². The number of rotatable bonds is 46. The van der Waals surface area contributed by atoms with Gasteiger partial charge in [0.15, 0.2) is 12.4 Å². The van der Waals surface area contributed by atoms with Crippen LogP contribution in [0.25, 0.3) is 0 Å². The molecular formula is C57H103NO10. The summed E-state index contributed by atoms with van der Waals surface area (Å²) in [7, 11) is 0. The van der Waals surface area contributed by atoms with E-state index in [0.29, 0.717) is 12.8 Å². The van der Waals surface area contributed by atoms with Crippen LogP contribution in [0.1, 0.15) is 239 Å². The third-order valence-corrected chi connectivity index (χ3v) is 13.0. The van der Waals surface area contributed by atoms with Crippen LogP contribution in [0.4, 0.5) is 0 Å². The van der Waals surface area contributed by atoms with E-state index in [2.05, 4.69) is 62.5 Å². The van der Waals surface area contributed by atoms with E-state index < -0.39 is 67.4 Å². The fraction of sp³-hybridized carbons (Fsp3) is 0.825. The first-order chi connectivity index (χ1) is 33.2. The second kappa shape index (κ2) is 45.7. The third kappa shape index (κ3) is 34.0. The molecule has 0 aromatic carbocycles. The molecule has 1 aliphatic heterocycles. The molecule has 68 heavy (non-hydrogen) atoms. The summed E-state index contributed by atoms with van der Waals surface area (Å²) in [5, 5.41) is 56.7. The lowest BCUT2D eigenvalue weighted by Crippen LogP contribution is -2.61. The molecule has 0 aromatic heterocycles. The quantitative estimate of drug-likeness (QED) is 0.0196. The Hall–Kier alpha value is -2.38. The summed E-state index contributed by atoms with van der Waals surface area (Å²) in [6.07, 6.45) is 43.0. The van der Waals surface area contributed by atoms with Crippen LogP contribution in [-0.4, -0.2) is 99.6 Å². The summed E-state index contributed by atoms with van der Waals surface area (Å²) < 4.78 is 17.5. The Kier molecular flexibility index (Phi) is 42.8. The van der Waals surface area contributed by atoms with Crippen LogP contribution in [0, 0.1) is 0 Å². The summed E-state index contributed by atoms with van der Waals surface area (Å²) in [4.78, 5) is 26.4. The summed E-state index contributed by atoms with van der Waals surface area (Å²) in [5.74, 6) is -1.22. The van der Waals surface area contributed by atoms with Gasteiger partial charge >= 0.3 is 5.97 Å². The van der Waals surface area contributed by atoms with Crippen molar-refractivity contribution >= 4 is 11.9 Å². The summed E-state index contributed by atoms with van der Waals surface area (Å²) in [5.41, 5.74) is 0. The number of hydrogen-bond acceptors (Lipinski definition) is 10. The van der Waals surface area contributed by atoms with Crippen LogP contribution in [0.5, 0.6) is 0 Å². The summed E-state index contributed by atoms with van der Waals surface area (Å²) >= 11 is 0. The fourth-order valence-corrected chi connectivity index (χ4v) is 8.48. The van der Waals surface area contributed by atoms with Gasteiger partial charge in [-0.2, -0.15) is 0 Å². The number of ether oxygens (including phenoxy) is 3. The molecule has 8 atom stereocenters. The van der Waals surface area contributed by atoms with E-state index >= 15 is 0 Å². The highest BCUT2D eigenvalue weighted by Crippen LogP contribution is 2.26. The number of carbonyl (C=O) groups is 2. The summed E-state index contributed by atoms with van der Waals surface area (Å²) in [6, 6.07) is -1.03. The Morgan fingerprint density at radius 1 is 0.574 bits per heavy atom. The zero-order chi connectivity index (χ0) is 49.7. The molecule has 0 aromatic rings. The van der Waals surface area contributed by atoms with E-state index in [-0.39, 0.29) is 19.4 Å². The Morgan fingerprint density at radius 3 is 1.54 bits per heavy atom. The highest BCUT2D eigenvalue weighted by molar-refractivity contribution is 5.80. The molecule has 1 heterocycles. The van der Waals surface area contributed by atoms with Crippen molar-refractivity contribution in [3.05, 3.63) is 48.6 Å². The highest BCUT2D eigenvalue weighted by Gasteiger charge is 2.47. The molecule has 1 fully saturated rings. The largest absolute Gasteiger partial charge is 0.454 e. The van der Waals surface area contributed by atoms with Crippen molar-refractivity contribution in [2.24, 2.45) is 0 Å². The lowest BCUT2D eigenvalue weighted by molar-refractivity contribution is -0.305. The molecule has 396 valence electrons. The minimum absolute atomic E-state index is 0.122. The van der Waals surface area contributed by atoms with Gasteiger partial charge in [-0.15, -0.1) is 0 Å². The average Bonchev–Trinajstić information content (AvgIpc) is 3.33. The maximum absolute atomic E-state index is 13.3. The predicted octanol–water partition coefficient (Wildman–Crippen LogP) is 12.1. The first kappa shape index (κ1) is 63.6. The van der Waals surface area contributed by atoms with Crippen molar-refractivity contribution in [2.75, 3.05) is 13.2 Å². The van der Waals surface area contributed by atoms with E-state index in [1.807, 2.05) is 6.08 Å². The first-order valence-corrected chi connectivity index (χ1v) is 27.9. The van der Waals surface area contributed by atoms with Gasteiger partial charge in [0.25, 0.3) is 0 Å². The molecular weight excluding hydrogens is 859 g/mol. The van der Waals surface area contributed by atoms with E-state index in [9.17, 15) is 35.1 Å². The lowest BCUT2D eigenvalue weighted by atomic mass is 9.99. The average molecular weight is 962 g/mol. The van der Waals surface area contributed by atoms with Crippen molar-refractivity contribution in [3.8, 4) is 0 Å². The van der Waals surface area contributed by atoms with Crippen molar-refractivity contribution in [2.45, 2.75) is 288 Å². The Bertz CT molecular complexity index is 1290. The van der Waals surface area contributed by atoms with Crippen molar-refractivity contribution in [1.82, 2.24) is 5.32 Å². The molecule has 0 saturated carbocycles. The minimum atomic E-state index is -1.61. The minimum Gasteiger partial charge on any atom is -0.454 e. The topological polar surface area (TPSA) is 175 Å². The van der Waals surface area contributed by atoms with Gasteiger partial charge in [-0.1, -0.05) is 217 Å². The number of aliphatic hydroxyl groups is 5. The number of allylic oxidation sites excluding steroid dienone is 7. The van der Waals surface area contributed by atoms with Gasteiger partial charge in [-0.3, -0.25) is 9.59 Å². The maximum Gasteiger partial charge on any atom is 0.306 e. The molecule has 1 saturated heterocycles. The van der Waals surface area contributed by atoms with Crippen LogP contribution in [-0.2, 0) is 23.8 Å². The van der Waals surface area contributed by atoms with Gasteiger partial charge in [0.05, 0.1) is 25.4 Å². The number of unbranched alkanes of at least 4 members (excludes halogenated alkanes) is 26. The van der Waals surface area contributed by atoms with Gasteiger partial charge in [-0.05, 0) is 64.2 Å². The molecule has 11 heteroatoms. The Morgan fingerprint density at radius 2 is 1.01 bits per heavy atom. The first-order valence-electron chi connectivity index (χ1n) is 27.9. The van der Waals surface area contributed by atoms with Crippen LogP contribution >= 0.6 is 0 Å². The zero-order valence-electron chi connectivity index (χ0n) is 43.5. The smallest absolute Gasteiger partial charge is 0.306 e. The highest BCUT2D eigenvalue weighted by atomic mass is 16.7. The maximum atomic E-state index is 13.3. The van der Waals surface area contributed by atoms with E-state index in [0.717, 1.165) is 77.0 Å². The lowest BCUT2D eigenvalue weighted by Gasteiger charge is -2.41. The number of carbonyl (C=O) groups excluding carboxylic acids is 2. The molecule has 0 aliphatic carbocycles. The van der Waals surface area contributed by atoms with Gasteiger partial charge in [-0.25, -0.2) is 0 Å². The van der Waals surface area contributed by atoms with Gasteiger partial charge in [0.1, 0.15) is 24.4 Å². The van der Waals surface area contributed by atoms with Crippen LogP contribution in [0.2, 0.25) is 0 Å². The Balaban J connectivity index is 2.77. The molecule has 0 spiro atoms. The van der Waals surface area contributed by atoms with Crippen molar-refractivity contribution < 1.29 is 49.3 Å². The van der Waals surface area contributed by atoms with Crippen LogP contribution in [0.15, 0.2) is 48.6 Å². The summed E-state index contributed by atoms with van der Waals surface area (Å²) in [6.45, 7) is 5.71. The Labute approximate surface area is 415 Å². The molecule has 11 nitrogen and oxygen atoms in total. The van der Waals surface area contributed by atoms with Crippen LogP contribution < -0.4 is 5.32 Å². The van der Waals surface area contributed by atoms with Crippen molar-refractivity contribution in [1.29, 1.82) is 0 Å². The monoisotopic (exact) mass is 962 g/mol. The standard InChI is InChI=1S/C57H103NO10/c1-4-7-10-13-16-19-22-24-25-26-27-30-32-35-38-41-44-50(61)56(65)58-48(49(60)43-40-37-34-31-29-23-20-17-14-11-8-5-2)47-66-57-55(54(64)53(63)51(46-59)67-57)68-52(62)45-42-39-36-33-28-21-18-15-12-9-6-3/h16,19,24-25,27,30,40,43,48-51,53-55,57,59-61,63-64H,4-15,17-18,20-23,26,28-29,31-39,41-42,44-47H2,1-3H3,(H,58,65)/b19-16-,25-24-,30-27-,43-40+. The number of nitrogens with one attached hydrogen (secondary N) is 1. The predicted molar refractivity (Wildman–Crippen MR) is 278 cm³/mol. The molecule has 1 rings (SSSR count). The zero-order valence-corrected chi connectivity index (χ0v) is 43.5. The normalized spacial score (nSPS) is 20.3. The van der Waals surface area contributed by atoms with Gasteiger partial charge in [0.2, 0.25) is 5.91 Å². The fourth-order valence-electron chi connectivity index (χ4n) is 8.48.